The van der Waals surface area contributed by atoms with Crippen LogP contribution in [0.25, 0.3) is 0 Å². The van der Waals surface area contributed by atoms with Crippen molar-refractivity contribution >= 4 is 5.91 Å². The summed E-state index contributed by atoms with van der Waals surface area (Å²) in [6.07, 6.45) is 5.67. The zero-order valence-corrected chi connectivity index (χ0v) is 12.8. The van der Waals surface area contributed by atoms with Crippen molar-refractivity contribution < 1.29 is 4.79 Å². The third kappa shape index (κ3) is 2.10. The molecule has 0 bridgehead atoms. The second-order valence-electron chi connectivity index (χ2n) is 7.07. The molecule has 4 rings (SSSR count). The lowest BCUT2D eigenvalue weighted by molar-refractivity contribution is -0.134. The van der Waals surface area contributed by atoms with Gasteiger partial charge in [0.15, 0.2) is 0 Å². The summed E-state index contributed by atoms with van der Waals surface area (Å²) in [6, 6.07) is 8.91. The van der Waals surface area contributed by atoms with Crippen LogP contribution in [-0.4, -0.2) is 30.9 Å². The molecule has 1 spiro atoms. The number of nitrogens with one attached hydrogen (secondary N) is 1. The molecule has 3 heteroatoms. The van der Waals surface area contributed by atoms with Crippen LogP contribution in [0.5, 0.6) is 0 Å². The molecule has 1 saturated heterocycles. The van der Waals surface area contributed by atoms with Crippen LogP contribution in [0.2, 0.25) is 0 Å². The van der Waals surface area contributed by atoms with Gasteiger partial charge in [-0.3, -0.25) is 4.79 Å². The molecule has 1 aromatic carbocycles. The predicted molar refractivity (Wildman–Crippen MR) is 82.9 cm³/mol. The number of benzene rings is 1. The summed E-state index contributed by atoms with van der Waals surface area (Å²) in [4.78, 5) is 14.9. The Morgan fingerprint density at radius 2 is 2.05 bits per heavy atom. The third-order valence-electron chi connectivity index (χ3n) is 6.00. The zero-order valence-electron chi connectivity index (χ0n) is 12.8. The second kappa shape index (κ2) is 4.84. The number of amides is 1. The largest absolute Gasteiger partial charge is 0.338 e. The SMILES string of the molecule is CN(C(=O)C1CC12CCNCC2)C1CCc2ccccc21. The molecule has 1 aromatic rings. The van der Waals surface area contributed by atoms with Gasteiger partial charge in [-0.05, 0) is 61.7 Å². The fourth-order valence-corrected chi connectivity index (χ4v) is 4.51. The number of hydrogen-bond acceptors (Lipinski definition) is 2. The van der Waals surface area contributed by atoms with Gasteiger partial charge in [0, 0.05) is 13.0 Å². The molecule has 112 valence electrons. The first-order valence-corrected chi connectivity index (χ1v) is 8.26. The summed E-state index contributed by atoms with van der Waals surface area (Å²) in [5.74, 6) is 0.677. The topological polar surface area (TPSA) is 32.3 Å². The van der Waals surface area contributed by atoms with Crippen LogP contribution >= 0.6 is 0 Å². The number of carbonyl (C=O) groups excluding carboxylic acids is 1. The summed E-state index contributed by atoms with van der Waals surface area (Å²) < 4.78 is 0. The Hall–Kier alpha value is -1.35. The first-order valence-electron chi connectivity index (χ1n) is 8.26. The molecule has 0 radical (unpaired) electrons. The van der Waals surface area contributed by atoms with E-state index in [2.05, 4.69) is 29.6 Å². The van der Waals surface area contributed by atoms with E-state index in [1.54, 1.807) is 0 Å². The van der Waals surface area contributed by atoms with E-state index in [0.717, 1.165) is 32.4 Å². The number of fused-ring (bicyclic) bond motifs is 1. The molecular weight excluding hydrogens is 260 g/mol. The Balaban J connectivity index is 1.49. The van der Waals surface area contributed by atoms with E-state index in [9.17, 15) is 4.79 Å². The maximum Gasteiger partial charge on any atom is 0.226 e. The molecular formula is C18H24N2O. The Labute approximate surface area is 126 Å². The minimum atomic E-state index is 0.289. The summed E-state index contributed by atoms with van der Waals surface area (Å²) in [7, 11) is 2.02. The average Bonchev–Trinajstić information content (AvgIpc) is 3.04. The highest BCUT2D eigenvalue weighted by Gasteiger charge is 2.58. The van der Waals surface area contributed by atoms with E-state index in [0.29, 0.717) is 17.4 Å². The normalized spacial score (nSPS) is 29.2. The smallest absolute Gasteiger partial charge is 0.226 e. The number of hydrogen-bond donors (Lipinski definition) is 1. The van der Waals surface area contributed by atoms with Gasteiger partial charge in [-0.15, -0.1) is 0 Å². The molecule has 1 heterocycles. The Kier molecular flexibility index (Phi) is 3.07. The van der Waals surface area contributed by atoms with Crippen LogP contribution in [0.1, 0.15) is 42.9 Å². The van der Waals surface area contributed by atoms with Crippen LogP contribution in [0.15, 0.2) is 24.3 Å². The number of piperidine rings is 1. The van der Waals surface area contributed by atoms with Gasteiger partial charge in [0.25, 0.3) is 0 Å². The van der Waals surface area contributed by atoms with Gasteiger partial charge in [0.2, 0.25) is 5.91 Å². The van der Waals surface area contributed by atoms with Crippen molar-refractivity contribution in [1.82, 2.24) is 10.2 Å². The molecule has 0 aromatic heterocycles. The fraction of sp³-hybridized carbons (Fsp3) is 0.611. The Morgan fingerprint density at radius 3 is 2.86 bits per heavy atom. The molecule has 1 aliphatic heterocycles. The van der Waals surface area contributed by atoms with E-state index in [4.69, 9.17) is 0 Å². The van der Waals surface area contributed by atoms with E-state index < -0.39 is 0 Å². The number of nitrogens with zero attached hydrogens (tertiary/aromatic N) is 1. The van der Waals surface area contributed by atoms with Crippen LogP contribution in [0, 0.1) is 11.3 Å². The first kappa shape index (κ1) is 13.3. The summed E-state index contributed by atoms with van der Waals surface area (Å²) >= 11 is 0. The van der Waals surface area contributed by atoms with Gasteiger partial charge < -0.3 is 10.2 Å². The predicted octanol–water partition coefficient (Wildman–Crippen LogP) is 2.52. The highest BCUT2D eigenvalue weighted by molar-refractivity contribution is 5.83. The summed E-state index contributed by atoms with van der Waals surface area (Å²) in [6.45, 7) is 2.17. The van der Waals surface area contributed by atoms with Crippen molar-refractivity contribution in [1.29, 1.82) is 0 Å². The minimum Gasteiger partial charge on any atom is -0.338 e. The molecule has 1 N–H and O–H groups in total. The van der Waals surface area contributed by atoms with E-state index in [1.165, 1.54) is 24.0 Å². The van der Waals surface area contributed by atoms with Crippen molar-refractivity contribution in [2.75, 3.05) is 20.1 Å². The highest BCUT2D eigenvalue weighted by Crippen LogP contribution is 2.59. The van der Waals surface area contributed by atoms with Crippen molar-refractivity contribution in [3.8, 4) is 0 Å². The van der Waals surface area contributed by atoms with Gasteiger partial charge >= 0.3 is 0 Å². The lowest BCUT2D eigenvalue weighted by atomic mass is 9.91. The Bertz CT molecular complexity index is 562. The lowest BCUT2D eigenvalue weighted by Crippen LogP contribution is -2.36. The van der Waals surface area contributed by atoms with Crippen LogP contribution in [0.3, 0.4) is 0 Å². The molecule has 2 fully saturated rings. The van der Waals surface area contributed by atoms with Gasteiger partial charge in [-0.1, -0.05) is 24.3 Å². The maximum atomic E-state index is 12.9. The van der Waals surface area contributed by atoms with Crippen LogP contribution in [-0.2, 0) is 11.2 Å². The first-order chi connectivity index (χ1) is 10.2. The quantitative estimate of drug-likeness (QED) is 0.905. The van der Waals surface area contributed by atoms with Gasteiger partial charge in [0.05, 0.1) is 6.04 Å². The molecule has 21 heavy (non-hydrogen) atoms. The monoisotopic (exact) mass is 284 g/mol. The molecule has 2 aliphatic carbocycles. The average molecular weight is 284 g/mol. The zero-order chi connectivity index (χ0) is 14.4. The van der Waals surface area contributed by atoms with Crippen molar-refractivity contribution in [3.05, 3.63) is 35.4 Å². The minimum absolute atomic E-state index is 0.289. The maximum absolute atomic E-state index is 12.9. The molecule has 1 saturated carbocycles. The van der Waals surface area contributed by atoms with Gasteiger partial charge in [0.1, 0.15) is 0 Å². The molecule has 2 atom stereocenters. The number of rotatable bonds is 2. The molecule has 1 amide bonds. The van der Waals surface area contributed by atoms with Crippen LogP contribution < -0.4 is 5.32 Å². The summed E-state index contributed by atoms with van der Waals surface area (Å²) in [5, 5.41) is 3.41. The Morgan fingerprint density at radius 1 is 1.29 bits per heavy atom. The van der Waals surface area contributed by atoms with Gasteiger partial charge in [-0.25, -0.2) is 0 Å². The number of carbonyl (C=O) groups is 1. The molecule has 2 unspecified atom stereocenters. The summed E-state index contributed by atoms with van der Waals surface area (Å²) in [5.41, 5.74) is 3.14. The van der Waals surface area contributed by atoms with Gasteiger partial charge in [-0.2, -0.15) is 0 Å². The van der Waals surface area contributed by atoms with E-state index in [1.807, 2.05) is 11.9 Å². The van der Waals surface area contributed by atoms with Crippen LogP contribution in [0.4, 0.5) is 0 Å². The van der Waals surface area contributed by atoms with Crippen molar-refractivity contribution in [2.24, 2.45) is 11.3 Å². The van der Waals surface area contributed by atoms with E-state index in [-0.39, 0.29) is 5.92 Å². The molecule has 3 aliphatic rings. The van der Waals surface area contributed by atoms with E-state index >= 15 is 0 Å². The standard InChI is InChI=1S/C18H24N2O/c1-20(16-7-6-13-4-2-3-5-14(13)16)17(21)15-12-18(15)8-10-19-11-9-18/h2-5,15-16,19H,6-12H2,1H3. The second-order valence-corrected chi connectivity index (χ2v) is 7.07. The highest BCUT2D eigenvalue weighted by atomic mass is 16.2. The lowest BCUT2D eigenvalue weighted by Gasteiger charge is -2.28. The van der Waals surface area contributed by atoms with Crippen molar-refractivity contribution in [2.45, 2.75) is 38.1 Å². The fourth-order valence-electron chi connectivity index (χ4n) is 4.51. The number of aryl methyl sites for hydroxylation is 1. The third-order valence-corrected chi connectivity index (χ3v) is 6.00. The van der Waals surface area contributed by atoms with Crippen molar-refractivity contribution in [3.63, 3.8) is 0 Å². The molecule has 3 nitrogen and oxygen atoms in total.